The summed E-state index contributed by atoms with van der Waals surface area (Å²) in [7, 11) is -8.20. The summed E-state index contributed by atoms with van der Waals surface area (Å²) in [5.74, 6) is 1.36. The van der Waals surface area contributed by atoms with E-state index in [0.717, 1.165) is 5.56 Å². The number of nitrogens with zero attached hydrogens (tertiary/aromatic N) is 3. The Morgan fingerprint density at radius 3 is 1.39 bits per heavy atom. The summed E-state index contributed by atoms with van der Waals surface area (Å²) in [6, 6.07) is 24.1. The molecule has 4 saturated heterocycles. The second kappa shape index (κ2) is 30.5. The number of carbonyl (C=O) groups excluding carboxylic acids is 3. The van der Waals surface area contributed by atoms with Crippen LogP contribution in [0.5, 0.6) is 40.2 Å². The molecule has 508 valence electrons. The number of phenolic OH excluding ortho intramolecular Hbond substituents is 1. The second-order valence-corrected chi connectivity index (χ2v) is 27.8. The van der Waals surface area contributed by atoms with E-state index >= 15 is 0 Å². The van der Waals surface area contributed by atoms with Gasteiger partial charge in [0.05, 0.1) is 77.3 Å². The second-order valence-electron chi connectivity index (χ2n) is 24.0. The summed E-state index contributed by atoms with van der Waals surface area (Å²) in [5, 5.41) is 49.1. The number of sulfonamides is 2. The molecule has 5 aromatic rings. The van der Waals surface area contributed by atoms with Gasteiger partial charge in [0.1, 0.15) is 29.5 Å². The van der Waals surface area contributed by atoms with Crippen molar-refractivity contribution in [2.24, 2.45) is 23.7 Å². The SMILES string of the molecule is CC(C)CN(C[C@@H](O)[C@H](Cc1ccc(O)cc1)NC(=O)O[C@H]1CO[C@H]2OCC[C@H]21)S(=O)(=O)c1ccc2c(c1)OCO2.CC(C)CN(C[C@@H](O)[C@H](Cc1ccc(OC(=O)Oc2ccc([N+](=O)[O-])cc2)cc1)NC(=O)O[C@H]1CO[C@H]2OCC[C@H]21)S(=O)(=O)c1ccc2c(c1)OCO2. The molecule has 11 rings (SSSR count). The number of nitrogens with one attached hydrogen (secondary N) is 2. The molecule has 0 radical (unpaired) electrons. The summed E-state index contributed by atoms with van der Waals surface area (Å²) in [5.41, 5.74) is 1.14. The lowest BCUT2D eigenvalue weighted by molar-refractivity contribution is -0.384. The molecular weight excluding hydrogens is 1270 g/mol. The average Bonchev–Trinajstić information content (AvgIpc) is 1.32. The zero-order valence-corrected chi connectivity index (χ0v) is 53.4. The van der Waals surface area contributed by atoms with E-state index in [1.165, 1.54) is 93.5 Å². The fourth-order valence-corrected chi connectivity index (χ4v) is 14.7. The zero-order valence-electron chi connectivity index (χ0n) is 51.8. The van der Waals surface area contributed by atoms with Crippen molar-refractivity contribution < 1.29 is 108 Å². The van der Waals surface area contributed by atoms with Gasteiger partial charge < -0.3 is 82.8 Å². The predicted octanol–water partition coefficient (Wildman–Crippen LogP) is 6.24. The molecular formula is C63H75N5O24S2. The number of hydrogen-bond acceptors (Lipinski definition) is 24. The molecule has 0 unspecified atom stereocenters. The van der Waals surface area contributed by atoms with E-state index in [2.05, 4.69) is 10.6 Å². The van der Waals surface area contributed by atoms with Gasteiger partial charge in [-0.1, -0.05) is 52.0 Å². The lowest BCUT2D eigenvalue weighted by atomic mass is 10.0. The number of benzene rings is 5. The molecule has 94 heavy (non-hydrogen) atoms. The minimum atomic E-state index is -4.15. The molecule has 6 aliphatic heterocycles. The maximum atomic E-state index is 13.9. The van der Waals surface area contributed by atoms with Crippen LogP contribution in [0.25, 0.3) is 0 Å². The van der Waals surface area contributed by atoms with Crippen molar-refractivity contribution in [3.05, 3.63) is 130 Å². The van der Waals surface area contributed by atoms with E-state index in [-0.39, 0.29) is 128 Å². The number of nitro benzene ring substituents is 1. The number of fused-ring (bicyclic) bond motifs is 4. The van der Waals surface area contributed by atoms with E-state index in [1.807, 2.05) is 27.7 Å². The summed E-state index contributed by atoms with van der Waals surface area (Å²) in [4.78, 5) is 48.8. The number of aliphatic hydroxyl groups excluding tert-OH is 2. The van der Waals surface area contributed by atoms with Crippen molar-refractivity contribution in [2.75, 3.05) is 66.2 Å². The van der Waals surface area contributed by atoms with Crippen LogP contribution < -0.4 is 39.1 Å². The third kappa shape index (κ3) is 17.4. The minimum Gasteiger partial charge on any atom is -0.508 e. The first-order valence-corrected chi connectivity index (χ1v) is 33.4. The molecule has 5 N–H and O–H groups in total. The van der Waals surface area contributed by atoms with Gasteiger partial charge in [-0.25, -0.2) is 31.2 Å². The number of carbonyl (C=O) groups is 3. The van der Waals surface area contributed by atoms with Gasteiger partial charge >= 0.3 is 18.3 Å². The van der Waals surface area contributed by atoms with Gasteiger partial charge in [0.15, 0.2) is 35.6 Å². The highest BCUT2D eigenvalue weighted by Gasteiger charge is 2.46. The van der Waals surface area contributed by atoms with Gasteiger partial charge in [-0.2, -0.15) is 8.61 Å². The predicted molar refractivity (Wildman–Crippen MR) is 328 cm³/mol. The number of rotatable bonds is 25. The van der Waals surface area contributed by atoms with Gasteiger partial charge in [-0.15, -0.1) is 0 Å². The monoisotopic (exact) mass is 1350 g/mol. The standard InChI is InChI=1S/C35H39N3O14S.C28H36N2O10S/c1-21(2)17-37(53(44,45)26-11-12-30-31(16-26)49-20-48-30)18-29(39)28(36-34(40)52-32-19-47-33-27(32)13-14-46-33)15-22-3-7-24(8-4-22)50-35(41)51-25-9-5-23(6-10-25)38(42)43;1-17(2)13-30(41(34,35)20-7-8-24-25(12-20)39-16-38-24)14-23(32)22(11-18-3-5-19(31)6-4-18)29-28(33)40-26-15-37-27-21(26)9-10-36-27/h3-12,16,21,27-29,32-33,39H,13-15,17-20H2,1-2H3,(H,36,40);3-8,12,17,21-23,26-27,31-32H,9-11,13-16H2,1-2H3,(H,29,33)/t27-,28-,29+,32-,33+;21-,22-,23+,26-,27+/m00/s1. The Hall–Kier alpha value is -8.11. The molecule has 5 aromatic carbocycles. The Kier molecular flexibility index (Phi) is 22.3. The third-order valence-corrected chi connectivity index (χ3v) is 19.8. The number of aliphatic hydroxyl groups is 2. The van der Waals surface area contributed by atoms with Crippen LogP contribution in [0.1, 0.15) is 51.7 Å². The third-order valence-electron chi connectivity index (χ3n) is 16.1. The molecule has 6 heterocycles. The first kappa shape index (κ1) is 68.7. The van der Waals surface area contributed by atoms with Gasteiger partial charge in [0.2, 0.25) is 33.6 Å². The van der Waals surface area contributed by atoms with E-state index in [0.29, 0.717) is 48.9 Å². The van der Waals surface area contributed by atoms with Crippen molar-refractivity contribution in [3.63, 3.8) is 0 Å². The van der Waals surface area contributed by atoms with Crippen LogP contribution in [0.4, 0.5) is 20.1 Å². The first-order valence-electron chi connectivity index (χ1n) is 30.5. The number of ether oxygens (including phenoxy) is 12. The Morgan fingerprint density at radius 2 is 0.979 bits per heavy atom. The highest BCUT2D eigenvalue weighted by Crippen LogP contribution is 2.38. The summed E-state index contributed by atoms with van der Waals surface area (Å²) >= 11 is 0. The molecule has 0 saturated carbocycles. The molecule has 6 aliphatic rings. The minimum absolute atomic E-state index is 0.00613. The summed E-state index contributed by atoms with van der Waals surface area (Å²) in [6.07, 6.45) is -5.71. The van der Waals surface area contributed by atoms with Gasteiger partial charge in [0.25, 0.3) is 5.69 Å². The number of amides is 2. The highest BCUT2D eigenvalue weighted by molar-refractivity contribution is 7.89. The normalized spacial score (nSPS) is 21.4. The van der Waals surface area contributed by atoms with E-state index in [4.69, 9.17) is 56.8 Å². The Labute approximate surface area is 542 Å². The summed E-state index contributed by atoms with van der Waals surface area (Å²) < 4.78 is 123. The van der Waals surface area contributed by atoms with Crippen molar-refractivity contribution >= 4 is 44.1 Å². The topological polar surface area (TPSA) is 365 Å². The smallest absolute Gasteiger partial charge is 0.508 e. The average molecular weight is 1350 g/mol. The fraction of sp³-hybridized carbons (Fsp3) is 0.476. The number of non-ortho nitro benzene ring substituents is 1. The zero-order chi connectivity index (χ0) is 66.8. The molecule has 0 spiro atoms. The van der Waals surface area contributed by atoms with Crippen LogP contribution in [0.15, 0.2) is 119 Å². The Balaban J connectivity index is 0.000000212. The van der Waals surface area contributed by atoms with Crippen LogP contribution >= 0.6 is 0 Å². The van der Waals surface area contributed by atoms with Crippen LogP contribution in [0.3, 0.4) is 0 Å². The number of hydrogen-bond donors (Lipinski definition) is 5. The Morgan fingerprint density at radius 1 is 0.574 bits per heavy atom. The van der Waals surface area contributed by atoms with E-state index in [1.54, 1.807) is 24.3 Å². The number of aromatic hydroxyl groups is 1. The van der Waals surface area contributed by atoms with Crippen molar-refractivity contribution in [1.82, 2.24) is 19.2 Å². The van der Waals surface area contributed by atoms with Crippen LogP contribution in [-0.2, 0) is 61.3 Å². The molecule has 0 bridgehead atoms. The summed E-state index contributed by atoms with van der Waals surface area (Å²) in [6.45, 7) is 8.33. The van der Waals surface area contributed by atoms with Crippen LogP contribution in [0.2, 0.25) is 0 Å². The number of nitro groups is 1. The highest BCUT2D eigenvalue weighted by atomic mass is 32.2. The van der Waals surface area contributed by atoms with Crippen LogP contribution in [-0.4, -0.2) is 179 Å². The molecule has 31 heteroatoms. The van der Waals surface area contributed by atoms with Crippen LogP contribution in [0, 0.1) is 33.8 Å². The number of alkyl carbamates (subject to hydrolysis) is 2. The van der Waals surface area contributed by atoms with Gasteiger partial charge in [-0.3, -0.25) is 10.1 Å². The molecule has 0 aliphatic carbocycles. The van der Waals surface area contributed by atoms with Crippen molar-refractivity contribution in [2.45, 2.75) is 112 Å². The maximum absolute atomic E-state index is 13.9. The fourth-order valence-electron chi connectivity index (χ4n) is 11.4. The Bertz CT molecular complexity index is 3680. The maximum Gasteiger partial charge on any atom is 0.519 e. The van der Waals surface area contributed by atoms with Crippen molar-refractivity contribution in [3.8, 4) is 40.2 Å². The molecule has 10 atom stereocenters. The molecule has 2 amide bonds. The number of phenols is 1. The van der Waals surface area contributed by atoms with Crippen molar-refractivity contribution in [1.29, 1.82) is 0 Å². The van der Waals surface area contributed by atoms with E-state index < -0.39 is 92.4 Å². The lowest BCUT2D eigenvalue weighted by Crippen LogP contribution is -2.51. The molecule has 0 aromatic heterocycles. The largest absolute Gasteiger partial charge is 0.519 e. The van der Waals surface area contributed by atoms with E-state index in [9.17, 15) is 56.7 Å². The quantitative estimate of drug-likeness (QED) is 0.0187. The lowest BCUT2D eigenvalue weighted by Gasteiger charge is -2.31. The van der Waals surface area contributed by atoms with Gasteiger partial charge in [-0.05, 0) is 109 Å². The van der Waals surface area contributed by atoms with Gasteiger partial charge in [0, 0.05) is 50.4 Å². The first-order chi connectivity index (χ1) is 44.9. The molecule has 29 nitrogen and oxygen atoms in total. The molecule has 4 fully saturated rings.